The van der Waals surface area contributed by atoms with Gasteiger partial charge in [0.1, 0.15) is 18.5 Å². The Balaban J connectivity index is 2.54. The van der Waals surface area contributed by atoms with Crippen LogP contribution < -0.4 is 5.32 Å². The van der Waals surface area contributed by atoms with Crippen molar-refractivity contribution in [2.45, 2.75) is 13.0 Å². The summed E-state index contributed by atoms with van der Waals surface area (Å²) in [6.45, 7) is 1.87. The van der Waals surface area contributed by atoms with E-state index in [4.69, 9.17) is 10.1 Å². The van der Waals surface area contributed by atoms with Gasteiger partial charge in [0.15, 0.2) is 0 Å². The van der Waals surface area contributed by atoms with Gasteiger partial charge in [0.05, 0.1) is 0 Å². The topological polar surface area (TPSA) is 62.2 Å². The number of nitrogens with one attached hydrogen (secondary N) is 2. The molecule has 4 nitrogen and oxygen atoms in total. The van der Waals surface area contributed by atoms with E-state index in [2.05, 4.69) is 5.32 Å². The number of morpholine rings is 1. The average molecular weight is 128 g/mol. The molecule has 0 radical (unpaired) electrons. The van der Waals surface area contributed by atoms with Crippen LogP contribution in [0.1, 0.15) is 6.92 Å². The second kappa shape index (κ2) is 2.14. The highest BCUT2D eigenvalue weighted by atomic mass is 16.5. The lowest BCUT2D eigenvalue weighted by Gasteiger charge is -2.18. The molecule has 0 aromatic rings. The van der Waals surface area contributed by atoms with Crippen LogP contribution in [0, 0.1) is 5.41 Å². The zero-order valence-corrected chi connectivity index (χ0v) is 5.10. The molecule has 1 amide bonds. The lowest BCUT2D eigenvalue weighted by molar-refractivity contribution is -0.131. The van der Waals surface area contributed by atoms with Gasteiger partial charge in [0.25, 0.3) is 5.91 Å². The van der Waals surface area contributed by atoms with Gasteiger partial charge < -0.3 is 10.1 Å². The van der Waals surface area contributed by atoms with Crippen molar-refractivity contribution >= 4 is 11.7 Å². The molecule has 50 valence electrons. The van der Waals surface area contributed by atoms with Crippen LogP contribution in [-0.2, 0) is 9.53 Å². The van der Waals surface area contributed by atoms with Crippen LogP contribution in [-0.4, -0.2) is 24.5 Å². The van der Waals surface area contributed by atoms with Gasteiger partial charge >= 0.3 is 0 Å². The summed E-state index contributed by atoms with van der Waals surface area (Å²) in [4.78, 5) is 10.6. The van der Waals surface area contributed by atoms with Gasteiger partial charge in [-0.3, -0.25) is 10.2 Å². The third-order valence-electron chi connectivity index (χ3n) is 1.12. The van der Waals surface area contributed by atoms with Crippen molar-refractivity contribution in [2.75, 3.05) is 6.61 Å². The van der Waals surface area contributed by atoms with Crippen LogP contribution in [0.2, 0.25) is 0 Å². The lowest BCUT2D eigenvalue weighted by atomic mass is 10.3. The monoisotopic (exact) mass is 128 g/mol. The first-order valence-electron chi connectivity index (χ1n) is 2.70. The minimum atomic E-state index is -0.404. The van der Waals surface area contributed by atoms with Gasteiger partial charge in [-0.05, 0) is 6.92 Å². The number of rotatable bonds is 0. The Kier molecular flexibility index (Phi) is 1.48. The molecule has 1 heterocycles. The third-order valence-corrected chi connectivity index (χ3v) is 1.12. The Hall–Kier alpha value is -0.900. The second-order valence-electron chi connectivity index (χ2n) is 1.92. The molecule has 1 aliphatic rings. The molecule has 1 saturated heterocycles. The molecule has 0 aromatic carbocycles. The summed E-state index contributed by atoms with van der Waals surface area (Å²) in [5, 5.41) is 9.30. The van der Waals surface area contributed by atoms with Crippen molar-refractivity contribution in [1.82, 2.24) is 5.32 Å². The van der Waals surface area contributed by atoms with Crippen molar-refractivity contribution < 1.29 is 9.53 Å². The maximum absolute atomic E-state index is 10.6. The third kappa shape index (κ3) is 1.26. The molecule has 1 fully saturated rings. The summed E-state index contributed by atoms with van der Waals surface area (Å²) in [5.74, 6) is -0.0932. The first kappa shape index (κ1) is 6.22. The average Bonchev–Trinajstić information content (AvgIpc) is 1.80. The SMILES string of the molecule is CC1OCC(=N)NC1=O. The van der Waals surface area contributed by atoms with Gasteiger partial charge in [-0.25, -0.2) is 0 Å². The predicted molar refractivity (Wildman–Crippen MR) is 31.3 cm³/mol. The highest BCUT2D eigenvalue weighted by molar-refractivity contribution is 6.00. The van der Waals surface area contributed by atoms with E-state index in [0.29, 0.717) is 0 Å². The molecular formula is C5H8N2O2. The maximum Gasteiger partial charge on any atom is 0.254 e. The molecule has 0 bridgehead atoms. The molecule has 9 heavy (non-hydrogen) atoms. The quantitative estimate of drug-likeness (QED) is 0.462. The molecule has 1 aliphatic heterocycles. The fraction of sp³-hybridized carbons (Fsp3) is 0.600. The Morgan fingerprint density at radius 1 is 1.89 bits per heavy atom. The summed E-state index contributed by atoms with van der Waals surface area (Å²) in [7, 11) is 0. The van der Waals surface area contributed by atoms with Crippen LogP contribution in [0.3, 0.4) is 0 Å². The van der Waals surface area contributed by atoms with Crippen LogP contribution in [0.5, 0.6) is 0 Å². The van der Waals surface area contributed by atoms with E-state index in [1.54, 1.807) is 6.92 Å². The number of carbonyl (C=O) groups excluding carboxylic acids is 1. The van der Waals surface area contributed by atoms with Gasteiger partial charge in [0, 0.05) is 0 Å². The zero-order valence-electron chi connectivity index (χ0n) is 5.10. The number of amides is 1. The maximum atomic E-state index is 10.6. The molecular weight excluding hydrogens is 120 g/mol. The molecule has 1 unspecified atom stereocenters. The summed E-state index contributed by atoms with van der Waals surface area (Å²) < 4.78 is 4.87. The number of carbonyl (C=O) groups is 1. The molecule has 4 heteroatoms. The summed E-state index contributed by atoms with van der Waals surface area (Å²) in [5.41, 5.74) is 0. The Bertz CT molecular complexity index is 155. The zero-order chi connectivity index (χ0) is 6.85. The fourth-order valence-electron chi connectivity index (χ4n) is 0.570. The van der Waals surface area contributed by atoms with E-state index in [9.17, 15) is 4.79 Å². The molecule has 0 aromatic heterocycles. The smallest absolute Gasteiger partial charge is 0.254 e. The van der Waals surface area contributed by atoms with Crippen LogP contribution >= 0.6 is 0 Å². The lowest BCUT2D eigenvalue weighted by Crippen LogP contribution is -2.46. The minimum Gasteiger partial charge on any atom is -0.361 e. The van der Waals surface area contributed by atoms with E-state index >= 15 is 0 Å². The second-order valence-corrected chi connectivity index (χ2v) is 1.92. The van der Waals surface area contributed by atoms with E-state index in [-0.39, 0.29) is 18.3 Å². The number of ether oxygens (including phenoxy) is 1. The van der Waals surface area contributed by atoms with Crippen LogP contribution in [0.25, 0.3) is 0 Å². The molecule has 0 saturated carbocycles. The standard InChI is InChI=1S/C5H8N2O2/c1-3-5(8)7-4(6)2-9-3/h3H,2H2,1H3,(H2,6,7,8). The fourth-order valence-corrected chi connectivity index (χ4v) is 0.570. The Morgan fingerprint density at radius 3 is 3.00 bits per heavy atom. The van der Waals surface area contributed by atoms with Crippen molar-refractivity contribution in [3.8, 4) is 0 Å². The largest absolute Gasteiger partial charge is 0.361 e. The van der Waals surface area contributed by atoms with Gasteiger partial charge in [-0.15, -0.1) is 0 Å². The van der Waals surface area contributed by atoms with Crippen molar-refractivity contribution in [3.05, 3.63) is 0 Å². The normalized spacial score (nSPS) is 27.9. The van der Waals surface area contributed by atoms with Crippen LogP contribution in [0.15, 0.2) is 0 Å². The van der Waals surface area contributed by atoms with E-state index in [1.165, 1.54) is 0 Å². The molecule has 0 spiro atoms. The van der Waals surface area contributed by atoms with Crippen LogP contribution in [0.4, 0.5) is 0 Å². The summed E-state index contributed by atoms with van der Waals surface area (Å²) >= 11 is 0. The summed E-state index contributed by atoms with van der Waals surface area (Å²) in [6, 6.07) is 0. The van der Waals surface area contributed by atoms with E-state index < -0.39 is 6.10 Å². The Morgan fingerprint density at radius 2 is 2.56 bits per heavy atom. The molecule has 1 atom stereocenters. The number of amidine groups is 1. The highest BCUT2D eigenvalue weighted by Crippen LogP contribution is 1.95. The number of hydrogen-bond donors (Lipinski definition) is 2. The van der Waals surface area contributed by atoms with E-state index in [0.717, 1.165) is 0 Å². The van der Waals surface area contributed by atoms with Gasteiger partial charge in [0.2, 0.25) is 0 Å². The predicted octanol–water partition coefficient (Wildman–Crippen LogP) is -0.501. The van der Waals surface area contributed by atoms with Crippen molar-refractivity contribution in [2.24, 2.45) is 0 Å². The minimum absolute atomic E-state index is 0.137. The first-order valence-corrected chi connectivity index (χ1v) is 2.70. The number of hydrogen-bond acceptors (Lipinski definition) is 3. The molecule has 2 N–H and O–H groups in total. The van der Waals surface area contributed by atoms with Gasteiger partial charge in [-0.2, -0.15) is 0 Å². The van der Waals surface area contributed by atoms with Crippen molar-refractivity contribution in [3.63, 3.8) is 0 Å². The van der Waals surface area contributed by atoms with Gasteiger partial charge in [-0.1, -0.05) is 0 Å². The molecule has 0 aliphatic carbocycles. The highest BCUT2D eigenvalue weighted by Gasteiger charge is 2.20. The Labute approximate surface area is 52.7 Å². The first-order chi connectivity index (χ1) is 4.20. The summed E-state index contributed by atoms with van der Waals surface area (Å²) in [6.07, 6.45) is -0.404. The van der Waals surface area contributed by atoms with Crippen molar-refractivity contribution in [1.29, 1.82) is 5.41 Å². The van der Waals surface area contributed by atoms with E-state index in [1.807, 2.05) is 0 Å². The molecule has 1 rings (SSSR count).